The number of hydrogen-bond acceptors (Lipinski definition) is 3. The minimum atomic E-state index is -0.318. The summed E-state index contributed by atoms with van der Waals surface area (Å²) in [5.41, 5.74) is 1.04. The van der Waals surface area contributed by atoms with Crippen molar-refractivity contribution in [2.45, 2.75) is 39.2 Å². The predicted octanol–water partition coefficient (Wildman–Crippen LogP) is 1.88. The molecular formula is C11H21NO2. The van der Waals surface area contributed by atoms with Gasteiger partial charge in [0.2, 0.25) is 0 Å². The fourth-order valence-corrected chi connectivity index (χ4v) is 0.961. The number of carbonyl (C=O) groups is 1. The van der Waals surface area contributed by atoms with Gasteiger partial charge in [0, 0.05) is 6.54 Å². The lowest BCUT2D eigenvalue weighted by Gasteiger charge is -2.14. The highest BCUT2D eigenvalue weighted by molar-refractivity contribution is 5.37. The first-order valence-electron chi connectivity index (χ1n) is 4.94. The van der Waals surface area contributed by atoms with E-state index < -0.39 is 0 Å². The van der Waals surface area contributed by atoms with Crippen molar-refractivity contribution in [2.24, 2.45) is 0 Å². The average molecular weight is 199 g/mol. The van der Waals surface area contributed by atoms with Gasteiger partial charge in [0.15, 0.2) is 0 Å². The molecule has 0 aromatic rings. The predicted molar refractivity (Wildman–Crippen MR) is 58.1 cm³/mol. The third-order valence-corrected chi connectivity index (χ3v) is 1.66. The Balaban J connectivity index is 0.000000241. The zero-order valence-corrected chi connectivity index (χ0v) is 9.43. The van der Waals surface area contributed by atoms with E-state index in [9.17, 15) is 4.79 Å². The molecule has 0 atom stereocenters. The van der Waals surface area contributed by atoms with Crippen LogP contribution in [0.1, 0.15) is 33.6 Å². The molecule has 1 aliphatic rings. The Bertz CT molecular complexity index is 174. The molecule has 3 nitrogen and oxygen atoms in total. The van der Waals surface area contributed by atoms with E-state index in [2.05, 4.69) is 16.6 Å². The normalized spacial score (nSPS) is 16.6. The van der Waals surface area contributed by atoms with Crippen LogP contribution in [0.4, 0.5) is 0 Å². The van der Waals surface area contributed by atoms with Gasteiger partial charge in [-0.25, -0.2) is 0 Å². The molecule has 0 bridgehead atoms. The Labute approximate surface area is 86.5 Å². The molecule has 1 heterocycles. The van der Waals surface area contributed by atoms with Crippen molar-refractivity contribution < 1.29 is 9.53 Å². The second-order valence-electron chi connectivity index (χ2n) is 4.36. The first-order chi connectivity index (χ1) is 6.45. The first kappa shape index (κ1) is 13.2. The van der Waals surface area contributed by atoms with Crippen LogP contribution in [0.5, 0.6) is 0 Å². The fourth-order valence-electron chi connectivity index (χ4n) is 0.961. The van der Waals surface area contributed by atoms with Crippen LogP contribution in [0, 0.1) is 0 Å². The van der Waals surface area contributed by atoms with Crippen LogP contribution in [-0.4, -0.2) is 25.2 Å². The number of carbonyl (C=O) groups excluding carboxylic acids is 1. The van der Waals surface area contributed by atoms with Gasteiger partial charge in [-0.15, -0.1) is 0 Å². The highest BCUT2D eigenvalue weighted by atomic mass is 16.5. The topological polar surface area (TPSA) is 38.3 Å². The molecule has 82 valence electrons. The molecule has 0 radical (unpaired) electrons. The van der Waals surface area contributed by atoms with Gasteiger partial charge in [0.25, 0.3) is 6.47 Å². The van der Waals surface area contributed by atoms with E-state index in [1.165, 1.54) is 25.0 Å². The molecule has 1 aliphatic heterocycles. The molecule has 3 heteroatoms. The molecule has 1 N–H and O–H groups in total. The summed E-state index contributed by atoms with van der Waals surface area (Å²) in [6.07, 6.45) is 2.51. The van der Waals surface area contributed by atoms with Crippen molar-refractivity contribution in [2.75, 3.05) is 13.1 Å². The minimum Gasteiger partial charge on any atom is -0.462 e. The molecule has 1 rings (SSSR count). The Morgan fingerprint density at radius 3 is 2.29 bits per heavy atom. The first-order valence-corrected chi connectivity index (χ1v) is 4.94. The van der Waals surface area contributed by atoms with Crippen molar-refractivity contribution in [3.05, 3.63) is 12.2 Å². The van der Waals surface area contributed by atoms with Crippen LogP contribution in [0.25, 0.3) is 0 Å². The number of piperidine rings is 1. The lowest BCUT2D eigenvalue weighted by atomic mass is 10.1. The monoisotopic (exact) mass is 199 g/mol. The molecule has 0 aromatic heterocycles. The van der Waals surface area contributed by atoms with Gasteiger partial charge >= 0.3 is 0 Å². The third kappa shape index (κ3) is 9.26. The maximum Gasteiger partial charge on any atom is 0.293 e. The zero-order valence-electron chi connectivity index (χ0n) is 9.43. The number of hydrogen-bond donors (Lipinski definition) is 1. The SMILES string of the molecule is C=C1CCCNC1.CC(C)(C)OC=O. The van der Waals surface area contributed by atoms with Crippen LogP contribution in [0.15, 0.2) is 12.2 Å². The largest absolute Gasteiger partial charge is 0.462 e. The number of nitrogens with one attached hydrogen (secondary N) is 1. The van der Waals surface area contributed by atoms with E-state index in [-0.39, 0.29) is 5.60 Å². The van der Waals surface area contributed by atoms with E-state index in [1.807, 2.05) is 20.8 Å². The molecular weight excluding hydrogens is 178 g/mol. The van der Waals surface area contributed by atoms with Crippen LogP contribution in [0.2, 0.25) is 0 Å². The van der Waals surface area contributed by atoms with E-state index in [0.717, 1.165) is 6.54 Å². The van der Waals surface area contributed by atoms with Gasteiger partial charge in [-0.3, -0.25) is 4.79 Å². The third-order valence-electron chi connectivity index (χ3n) is 1.66. The minimum absolute atomic E-state index is 0.318. The van der Waals surface area contributed by atoms with Crippen LogP contribution < -0.4 is 5.32 Å². The van der Waals surface area contributed by atoms with E-state index in [1.54, 1.807) is 0 Å². The molecule has 1 fully saturated rings. The lowest BCUT2D eigenvalue weighted by Crippen LogP contribution is -2.23. The number of ether oxygens (including phenoxy) is 1. The van der Waals surface area contributed by atoms with Crippen molar-refractivity contribution >= 4 is 6.47 Å². The molecule has 0 aliphatic carbocycles. The Kier molecular flexibility index (Phi) is 6.21. The summed E-state index contributed by atoms with van der Waals surface area (Å²) >= 11 is 0. The summed E-state index contributed by atoms with van der Waals surface area (Å²) in [4.78, 5) is 9.60. The fraction of sp³-hybridized carbons (Fsp3) is 0.727. The molecule has 14 heavy (non-hydrogen) atoms. The lowest BCUT2D eigenvalue weighted by molar-refractivity contribution is -0.138. The highest BCUT2D eigenvalue weighted by Crippen LogP contribution is 2.03. The van der Waals surface area contributed by atoms with Gasteiger partial charge in [0.05, 0.1) is 0 Å². The molecule has 0 amide bonds. The van der Waals surface area contributed by atoms with Gasteiger partial charge in [0.1, 0.15) is 5.60 Å². The molecule has 0 unspecified atom stereocenters. The molecule has 0 aromatic carbocycles. The average Bonchev–Trinajstić information content (AvgIpc) is 2.04. The quantitative estimate of drug-likeness (QED) is 0.517. The van der Waals surface area contributed by atoms with Crippen LogP contribution in [0.3, 0.4) is 0 Å². The van der Waals surface area contributed by atoms with Crippen molar-refractivity contribution in [3.63, 3.8) is 0 Å². The van der Waals surface area contributed by atoms with Crippen molar-refractivity contribution in [3.8, 4) is 0 Å². The maximum absolute atomic E-state index is 9.60. The van der Waals surface area contributed by atoms with Crippen molar-refractivity contribution in [1.82, 2.24) is 5.32 Å². The second kappa shape index (κ2) is 6.60. The van der Waals surface area contributed by atoms with Crippen LogP contribution >= 0.6 is 0 Å². The number of rotatable bonds is 1. The molecule has 0 saturated carbocycles. The smallest absolute Gasteiger partial charge is 0.293 e. The second-order valence-corrected chi connectivity index (χ2v) is 4.36. The zero-order chi connectivity index (χ0) is 11.0. The molecule has 1 saturated heterocycles. The Morgan fingerprint density at radius 2 is 2.14 bits per heavy atom. The van der Waals surface area contributed by atoms with Gasteiger partial charge in [-0.05, 0) is 40.2 Å². The van der Waals surface area contributed by atoms with Gasteiger partial charge in [-0.2, -0.15) is 0 Å². The highest BCUT2D eigenvalue weighted by Gasteiger charge is 2.07. The summed E-state index contributed by atoms with van der Waals surface area (Å²) in [6, 6.07) is 0. The Hall–Kier alpha value is -0.830. The summed E-state index contributed by atoms with van der Waals surface area (Å²) in [5, 5.41) is 3.23. The van der Waals surface area contributed by atoms with Gasteiger partial charge in [-0.1, -0.05) is 12.2 Å². The van der Waals surface area contributed by atoms with Crippen molar-refractivity contribution in [1.29, 1.82) is 0 Å². The standard InChI is InChI=1S/C6H11N.C5H10O2/c1-6-3-2-4-7-5-6;1-5(2,3)7-4-6/h7H,1-5H2;4H,1-3H3. The summed E-state index contributed by atoms with van der Waals surface area (Å²) < 4.78 is 4.55. The maximum atomic E-state index is 9.60. The summed E-state index contributed by atoms with van der Waals surface area (Å²) in [5.74, 6) is 0. The summed E-state index contributed by atoms with van der Waals surface area (Å²) in [6.45, 7) is 12.0. The Morgan fingerprint density at radius 1 is 1.50 bits per heavy atom. The van der Waals surface area contributed by atoms with E-state index in [4.69, 9.17) is 0 Å². The summed E-state index contributed by atoms with van der Waals surface area (Å²) in [7, 11) is 0. The van der Waals surface area contributed by atoms with E-state index in [0.29, 0.717) is 6.47 Å². The van der Waals surface area contributed by atoms with Gasteiger partial charge < -0.3 is 10.1 Å². The van der Waals surface area contributed by atoms with E-state index >= 15 is 0 Å². The molecule has 0 spiro atoms. The van der Waals surface area contributed by atoms with Crippen LogP contribution in [-0.2, 0) is 9.53 Å².